The Labute approximate surface area is 87.8 Å². The van der Waals surface area contributed by atoms with Gasteiger partial charge in [-0.2, -0.15) is 16.8 Å². The minimum Gasteiger partial charge on any atom is -0.267 e. The smallest absolute Gasteiger partial charge is 0.267 e. The summed E-state index contributed by atoms with van der Waals surface area (Å²) in [7, 11) is -7.94. The summed E-state index contributed by atoms with van der Waals surface area (Å²) in [6, 6.07) is 0. The molecule has 1 atom stereocenters. The fraction of sp³-hybridized carbons (Fsp3) is 0.667. The highest BCUT2D eigenvalue weighted by molar-refractivity contribution is 7.87. The average Bonchev–Trinajstić information content (AvgIpc) is 2.41. The van der Waals surface area contributed by atoms with E-state index in [1.165, 1.54) is 0 Å². The summed E-state index contributed by atoms with van der Waals surface area (Å²) in [5.41, 5.74) is 0. The molecule has 15 heavy (non-hydrogen) atoms. The van der Waals surface area contributed by atoms with Gasteiger partial charge in [0.2, 0.25) is 0 Å². The van der Waals surface area contributed by atoms with Gasteiger partial charge in [0.05, 0.1) is 6.61 Å². The summed E-state index contributed by atoms with van der Waals surface area (Å²) >= 11 is 0. The van der Waals surface area contributed by atoms with Crippen molar-refractivity contribution >= 4 is 20.5 Å². The summed E-state index contributed by atoms with van der Waals surface area (Å²) in [5, 5.41) is 0. The molecule has 1 rings (SSSR count). The lowest BCUT2D eigenvalue weighted by molar-refractivity contribution is 0.151. The molecule has 7 nitrogen and oxygen atoms in total. The molecule has 1 heterocycles. The Bertz CT molecular complexity index is 454. The Morgan fingerprint density at radius 3 is 2.67 bits per heavy atom. The highest BCUT2D eigenvalue weighted by Crippen LogP contribution is 2.14. The summed E-state index contributed by atoms with van der Waals surface area (Å²) in [6.07, 6.45) is 3.69. The Morgan fingerprint density at radius 2 is 2.20 bits per heavy atom. The van der Waals surface area contributed by atoms with Crippen LogP contribution in [0.5, 0.6) is 0 Å². The maximum atomic E-state index is 11.0. The van der Waals surface area contributed by atoms with Gasteiger partial charge in [0, 0.05) is 0 Å². The first-order valence-corrected chi connectivity index (χ1v) is 6.64. The normalized spacial score (nSPS) is 24.9. The lowest BCUT2D eigenvalue weighted by atomic mass is 10.5. The van der Waals surface area contributed by atoms with Crippen molar-refractivity contribution in [2.45, 2.75) is 6.10 Å². The molecule has 0 saturated carbocycles. The Hall–Kier alpha value is -0.660. The second kappa shape index (κ2) is 4.46. The van der Waals surface area contributed by atoms with Crippen molar-refractivity contribution in [1.82, 2.24) is 0 Å². The third kappa shape index (κ3) is 4.15. The van der Waals surface area contributed by atoms with E-state index in [1.807, 2.05) is 5.92 Å². The maximum Gasteiger partial charge on any atom is 0.401 e. The summed E-state index contributed by atoms with van der Waals surface area (Å²) in [6.45, 7) is -0.816. The molecule has 0 aromatic carbocycles. The number of rotatable bonds is 4. The van der Waals surface area contributed by atoms with E-state index in [1.54, 1.807) is 0 Å². The maximum absolute atomic E-state index is 11.0. The predicted molar refractivity (Wildman–Crippen MR) is 48.3 cm³/mol. The molecule has 1 fully saturated rings. The van der Waals surface area contributed by atoms with E-state index in [0.29, 0.717) is 0 Å². The van der Waals surface area contributed by atoms with Gasteiger partial charge in [-0.25, -0.2) is 8.37 Å². The van der Waals surface area contributed by atoms with Gasteiger partial charge >= 0.3 is 10.4 Å². The zero-order valence-corrected chi connectivity index (χ0v) is 9.08. The van der Waals surface area contributed by atoms with E-state index in [9.17, 15) is 16.8 Å². The second-order valence-electron chi connectivity index (χ2n) is 2.60. The average molecular weight is 256 g/mol. The van der Waals surface area contributed by atoms with Gasteiger partial charge < -0.3 is 0 Å². The van der Waals surface area contributed by atoms with Gasteiger partial charge in [-0.3, -0.25) is 4.18 Å². The van der Waals surface area contributed by atoms with E-state index in [4.69, 9.17) is 6.42 Å². The van der Waals surface area contributed by atoms with E-state index >= 15 is 0 Å². The molecule has 0 spiro atoms. The van der Waals surface area contributed by atoms with E-state index in [2.05, 4.69) is 12.5 Å². The van der Waals surface area contributed by atoms with Crippen molar-refractivity contribution in [3.63, 3.8) is 0 Å². The van der Waals surface area contributed by atoms with Crippen LogP contribution in [-0.2, 0) is 33.1 Å². The standard InChI is InChI=1S/C6H8O7S2/c1-2-3-11-15(9,10)13-6-4-12-14(7,8)5-6/h1,6H,3-5H2. The summed E-state index contributed by atoms with van der Waals surface area (Å²) < 4.78 is 56.3. The highest BCUT2D eigenvalue weighted by Gasteiger charge is 2.33. The quantitative estimate of drug-likeness (QED) is 0.452. The third-order valence-electron chi connectivity index (χ3n) is 1.36. The molecule has 1 unspecified atom stereocenters. The van der Waals surface area contributed by atoms with Crippen LogP contribution >= 0.6 is 0 Å². The van der Waals surface area contributed by atoms with Crippen molar-refractivity contribution in [3.05, 3.63) is 0 Å². The van der Waals surface area contributed by atoms with Crippen molar-refractivity contribution in [2.75, 3.05) is 19.0 Å². The van der Waals surface area contributed by atoms with Gasteiger partial charge in [-0.15, -0.1) is 6.42 Å². The minimum atomic E-state index is -4.26. The van der Waals surface area contributed by atoms with E-state index in [-0.39, 0.29) is 6.61 Å². The molecule has 0 aliphatic carbocycles. The molecule has 0 amide bonds. The number of terminal acetylenes is 1. The van der Waals surface area contributed by atoms with Crippen LogP contribution in [0.15, 0.2) is 0 Å². The molecular weight excluding hydrogens is 248 g/mol. The fourth-order valence-corrected chi connectivity index (χ4v) is 2.75. The van der Waals surface area contributed by atoms with Crippen LogP contribution < -0.4 is 0 Å². The van der Waals surface area contributed by atoms with Crippen LogP contribution in [0.1, 0.15) is 0 Å². The Balaban J connectivity index is 2.54. The SMILES string of the molecule is C#CCOS(=O)(=O)OC1COS(=O)(=O)C1. The van der Waals surface area contributed by atoms with Gasteiger partial charge in [0.1, 0.15) is 18.5 Å². The predicted octanol–water partition coefficient (Wildman–Crippen LogP) is -1.37. The van der Waals surface area contributed by atoms with Crippen LogP contribution in [0.3, 0.4) is 0 Å². The molecule has 0 radical (unpaired) electrons. The summed E-state index contributed by atoms with van der Waals surface area (Å²) in [4.78, 5) is 0. The number of hydrogen-bond acceptors (Lipinski definition) is 7. The molecule has 1 aliphatic heterocycles. The first kappa shape index (κ1) is 12.4. The Morgan fingerprint density at radius 1 is 1.53 bits per heavy atom. The molecule has 0 aromatic rings. The molecule has 0 N–H and O–H groups in total. The molecule has 0 aromatic heterocycles. The minimum absolute atomic E-state index is 0.346. The van der Waals surface area contributed by atoms with E-state index < -0.39 is 39.0 Å². The molecule has 0 bridgehead atoms. The van der Waals surface area contributed by atoms with Crippen molar-refractivity contribution < 1.29 is 29.4 Å². The lowest BCUT2D eigenvalue weighted by Crippen LogP contribution is -2.23. The fourth-order valence-electron chi connectivity index (χ4n) is 0.860. The van der Waals surface area contributed by atoms with Crippen LogP contribution in [-0.4, -0.2) is 41.9 Å². The van der Waals surface area contributed by atoms with Crippen molar-refractivity contribution in [3.8, 4) is 12.3 Å². The monoisotopic (exact) mass is 256 g/mol. The molecule has 1 aliphatic rings. The van der Waals surface area contributed by atoms with Gasteiger partial charge in [-0.05, 0) is 0 Å². The molecule has 1 saturated heterocycles. The van der Waals surface area contributed by atoms with Gasteiger partial charge in [0.15, 0.2) is 0 Å². The zero-order chi connectivity index (χ0) is 11.5. The molecule has 86 valence electrons. The van der Waals surface area contributed by atoms with Crippen LogP contribution in [0.2, 0.25) is 0 Å². The largest absolute Gasteiger partial charge is 0.401 e. The topological polar surface area (TPSA) is 96.0 Å². The summed E-state index contributed by atoms with van der Waals surface area (Å²) in [5.74, 6) is 1.41. The van der Waals surface area contributed by atoms with Crippen LogP contribution in [0.4, 0.5) is 0 Å². The van der Waals surface area contributed by atoms with Crippen molar-refractivity contribution in [2.24, 2.45) is 0 Å². The van der Waals surface area contributed by atoms with Gasteiger partial charge in [0.25, 0.3) is 10.1 Å². The lowest BCUT2D eigenvalue weighted by Gasteiger charge is -2.06. The van der Waals surface area contributed by atoms with E-state index in [0.717, 1.165) is 0 Å². The van der Waals surface area contributed by atoms with Gasteiger partial charge in [-0.1, -0.05) is 5.92 Å². The van der Waals surface area contributed by atoms with Crippen LogP contribution in [0.25, 0.3) is 0 Å². The van der Waals surface area contributed by atoms with Crippen molar-refractivity contribution in [1.29, 1.82) is 0 Å². The first-order chi connectivity index (χ1) is 6.85. The first-order valence-electron chi connectivity index (χ1n) is 3.73. The molecule has 9 heteroatoms. The third-order valence-corrected chi connectivity index (χ3v) is 3.55. The molecular formula is C6H8O7S2. The number of hydrogen-bond donors (Lipinski definition) is 0. The second-order valence-corrected chi connectivity index (χ2v) is 5.53. The Kier molecular flexibility index (Phi) is 3.69. The zero-order valence-electron chi connectivity index (χ0n) is 7.45. The highest BCUT2D eigenvalue weighted by atomic mass is 32.3. The van der Waals surface area contributed by atoms with Crippen LogP contribution in [0, 0.1) is 12.3 Å².